The van der Waals surface area contributed by atoms with Gasteiger partial charge in [0.2, 0.25) is 0 Å². The number of H-pyrrole nitrogens is 1. The predicted molar refractivity (Wildman–Crippen MR) is 79.0 cm³/mol. The molecule has 0 unspecified atom stereocenters. The van der Waals surface area contributed by atoms with Gasteiger partial charge in [-0.1, -0.05) is 33.6 Å². The fraction of sp³-hybridized carbons (Fsp3) is 0.0714. The third-order valence-electron chi connectivity index (χ3n) is 2.90. The van der Waals surface area contributed by atoms with Gasteiger partial charge in [-0.25, -0.2) is 4.98 Å². The van der Waals surface area contributed by atoms with Crippen molar-refractivity contribution in [2.24, 2.45) is 0 Å². The fourth-order valence-electron chi connectivity index (χ4n) is 1.96. The van der Waals surface area contributed by atoms with Gasteiger partial charge in [0.25, 0.3) is 0 Å². The van der Waals surface area contributed by atoms with Crippen LogP contribution in [0.4, 0.5) is 0 Å². The highest BCUT2D eigenvalue weighted by Gasteiger charge is 2.08. The molecule has 18 heavy (non-hydrogen) atoms. The van der Waals surface area contributed by atoms with Gasteiger partial charge >= 0.3 is 0 Å². The van der Waals surface area contributed by atoms with Crippen LogP contribution in [0.3, 0.4) is 0 Å². The van der Waals surface area contributed by atoms with E-state index in [9.17, 15) is 0 Å². The van der Waals surface area contributed by atoms with Crippen molar-refractivity contribution in [3.8, 4) is 11.4 Å². The molecule has 0 atom stereocenters. The number of rotatable bonds is 1. The van der Waals surface area contributed by atoms with Gasteiger partial charge in [-0.05, 0) is 42.8 Å². The Labute approximate surface area is 118 Å². The van der Waals surface area contributed by atoms with Crippen molar-refractivity contribution in [3.05, 3.63) is 51.5 Å². The van der Waals surface area contributed by atoms with Gasteiger partial charge in [-0.3, -0.25) is 0 Å². The van der Waals surface area contributed by atoms with Crippen molar-refractivity contribution < 1.29 is 0 Å². The number of hydrogen-bond donors (Lipinski definition) is 1. The third kappa shape index (κ3) is 2.04. The quantitative estimate of drug-likeness (QED) is 0.674. The second kappa shape index (κ2) is 4.41. The summed E-state index contributed by atoms with van der Waals surface area (Å²) in [6.07, 6.45) is 0. The summed E-state index contributed by atoms with van der Waals surface area (Å²) in [7, 11) is 0. The molecule has 0 fully saturated rings. The lowest BCUT2D eigenvalue weighted by Gasteiger charge is -2.02. The van der Waals surface area contributed by atoms with Crippen molar-refractivity contribution in [2.45, 2.75) is 6.92 Å². The van der Waals surface area contributed by atoms with Crippen LogP contribution in [0, 0.1) is 6.92 Å². The third-order valence-corrected chi connectivity index (χ3v) is 3.63. The molecule has 0 radical (unpaired) electrons. The Bertz CT molecular complexity index is 734. The molecule has 0 aliphatic heterocycles. The maximum Gasteiger partial charge on any atom is 0.138 e. The van der Waals surface area contributed by atoms with Gasteiger partial charge in [0.15, 0.2) is 0 Å². The maximum atomic E-state index is 5.98. The predicted octanol–water partition coefficient (Wildman–Crippen LogP) is 4.95. The first-order valence-electron chi connectivity index (χ1n) is 5.55. The largest absolute Gasteiger partial charge is 0.338 e. The minimum absolute atomic E-state index is 0.712. The van der Waals surface area contributed by atoms with Gasteiger partial charge in [-0.2, -0.15) is 0 Å². The summed E-state index contributed by atoms with van der Waals surface area (Å²) < 4.78 is 1.04. The Balaban J connectivity index is 2.22. The molecule has 4 heteroatoms. The van der Waals surface area contributed by atoms with Crippen molar-refractivity contribution in [1.82, 2.24) is 9.97 Å². The zero-order valence-electron chi connectivity index (χ0n) is 9.67. The Hall–Kier alpha value is -1.32. The number of benzene rings is 2. The highest BCUT2D eigenvalue weighted by atomic mass is 79.9. The average Bonchev–Trinajstić information content (AvgIpc) is 2.74. The second-order valence-electron chi connectivity index (χ2n) is 4.21. The van der Waals surface area contributed by atoms with Crippen LogP contribution in [0.1, 0.15) is 5.56 Å². The molecule has 0 aliphatic carbocycles. The van der Waals surface area contributed by atoms with E-state index in [2.05, 4.69) is 45.0 Å². The lowest BCUT2D eigenvalue weighted by molar-refractivity contribution is 1.30. The van der Waals surface area contributed by atoms with Crippen LogP contribution in [-0.4, -0.2) is 9.97 Å². The highest BCUT2D eigenvalue weighted by molar-refractivity contribution is 9.10. The maximum absolute atomic E-state index is 5.98. The van der Waals surface area contributed by atoms with E-state index in [0.717, 1.165) is 26.9 Å². The summed E-state index contributed by atoms with van der Waals surface area (Å²) in [5.74, 6) is 0.867. The Morgan fingerprint density at radius 2 is 2.00 bits per heavy atom. The monoisotopic (exact) mass is 320 g/mol. The highest BCUT2D eigenvalue weighted by Crippen LogP contribution is 2.27. The minimum atomic E-state index is 0.712. The van der Waals surface area contributed by atoms with E-state index in [-0.39, 0.29) is 0 Å². The molecule has 1 aromatic heterocycles. The van der Waals surface area contributed by atoms with E-state index >= 15 is 0 Å². The first-order chi connectivity index (χ1) is 8.63. The van der Waals surface area contributed by atoms with Gasteiger partial charge in [0.05, 0.1) is 11.0 Å². The summed E-state index contributed by atoms with van der Waals surface area (Å²) >= 11 is 9.46. The van der Waals surface area contributed by atoms with Gasteiger partial charge < -0.3 is 4.98 Å². The average molecular weight is 322 g/mol. The lowest BCUT2D eigenvalue weighted by Crippen LogP contribution is -1.85. The molecule has 90 valence electrons. The second-order valence-corrected chi connectivity index (χ2v) is 5.56. The molecule has 2 aromatic carbocycles. The van der Waals surface area contributed by atoms with Crippen LogP contribution in [0.2, 0.25) is 5.02 Å². The van der Waals surface area contributed by atoms with Crippen LogP contribution in [0.15, 0.2) is 40.9 Å². The van der Waals surface area contributed by atoms with Crippen LogP contribution in [0.25, 0.3) is 22.4 Å². The first kappa shape index (κ1) is 11.8. The van der Waals surface area contributed by atoms with Crippen LogP contribution in [-0.2, 0) is 0 Å². The van der Waals surface area contributed by atoms with E-state index in [1.165, 1.54) is 5.56 Å². The molecule has 0 amide bonds. The molecule has 0 saturated carbocycles. The van der Waals surface area contributed by atoms with Crippen LogP contribution in [0.5, 0.6) is 0 Å². The number of imidazole rings is 1. The molecule has 0 bridgehead atoms. The Kier molecular flexibility index (Phi) is 2.88. The molecule has 1 heterocycles. The molecule has 1 N–H and O–H groups in total. The summed E-state index contributed by atoms with van der Waals surface area (Å²) in [6, 6.07) is 11.8. The summed E-state index contributed by atoms with van der Waals surface area (Å²) in [4.78, 5) is 7.90. The number of aryl methyl sites for hydroxylation is 1. The van der Waals surface area contributed by atoms with Crippen molar-refractivity contribution >= 4 is 38.6 Å². The van der Waals surface area contributed by atoms with E-state index in [4.69, 9.17) is 11.6 Å². The fourth-order valence-corrected chi connectivity index (χ4v) is 2.49. The van der Waals surface area contributed by atoms with Crippen molar-refractivity contribution in [2.75, 3.05) is 0 Å². The Morgan fingerprint density at radius 3 is 2.83 bits per heavy atom. The normalized spacial score (nSPS) is 11.1. The number of halogens is 2. The zero-order chi connectivity index (χ0) is 12.7. The number of nitrogens with zero attached hydrogens (tertiary/aromatic N) is 1. The zero-order valence-corrected chi connectivity index (χ0v) is 12.0. The van der Waals surface area contributed by atoms with E-state index < -0.39 is 0 Å². The summed E-state index contributed by atoms with van der Waals surface area (Å²) in [6.45, 7) is 2.07. The molecule has 0 aliphatic rings. The molecule has 0 saturated heterocycles. The van der Waals surface area contributed by atoms with Gasteiger partial charge in [-0.15, -0.1) is 0 Å². The standard InChI is InChI=1S/C14H10BrClN2/c1-8-2-3-9(15)6-11(8)14-17-12-5-4-10(16)7-13(12)18-14/h2-7H,1H3,(H,17,18). The van der Waals surface area contributed by atoms with E-state index in [1.807, 2.05) is 24.3 Å². The number of hydrogen-bond acceptors (Lipinski definition) is 1. The molecular formula is C14H10BrClN2. The first-order valence-corrected chi connectivity index (χ1v) is 6.72. The molecule has 0 spiro atoms. The van der Waals surface area contributed by atoms with Gasteiger partial charge in [0.1, 0.15) is 5.82 Å². The van der Waals surface area contributed by atoms with Gasteiger partial charge in [0, 0.05) is 15.1 Å². The van der Waals surface area contributed by atoms with Crippen molar-refractivity contribution in [1.29, 1.82) is 0 Å². The summed E-state index contributed by atoms with van der Waals surface area (Å²) in [5.41, 5.74) is 4.16. The number of aromatic amines is 1. The van der Waals surface area contributed by atoms with E-state index in [1.54, 1.807) is 0 Å². The SMILES string of the molecule is Cc1ccc(Br)cc1-c1nc2ccc(Cl)cc2[nH]1. The van der Waals surface area contributed by atoms with E-state index in [0.29, 0.717) is 5.02 Å². The number of aromatic nitrogens is 2. The number of nitrogens with one attached hydrogen (secondary N) is 1. The molecule has 3 aromatic rings. The lowest BCUT2D eigenvalue weighted by atomic mass is 10.1. The Morgan fingerprint density at radius 1 is 1.17 bits per heavy atom. The smallest absolute Gasteiger partial charge is 0.138 e. The molecule has 2 nitrogen and oxygen atoms in total. The van der Waals surface area contributed by atoms with Crippen LogP contribution < -0.4 is 0 Å². The van der Waals surface area contributed by atoms with Crippen LogP contribution >= 0.6 is 27.5 Å². The topological polar surface area (TPSA) is 28.7 Å². The summed E-state index contributed by atoms with van der Waals surface area (Å²) in [5, 5.41) is 0.712. The minimum Gasteiger partial charge on any atom is -0.338 e. The molecular weight excluding hydrogens is 312 g/mol. The van der Waals surface area contributed by atoms with Crippen molar-refractivity contribution in [3.63, 3.8) is 0 Å². The molecule has 3 rings (SSSR count). The number of fused-ring (bicyclic) bond motifs is 1.